The maximum atomic E-state index is 12.4. The normalized spacial score (nSPS) is 10.5. The van der Waals surface area contributed by atoms with Crippen LogP contribution in [0.5, 0.6) is 5.75 Å². The molecule has 0 atom stereocenters. The third-order valence-electron chi connectivity index (χ3n) is 4.00. The zero-order valence-corrected chi connectivity index (χ0v) is 15.1. The van der Waals surface area contributed by atoms with Crippen LogP contribution >= 0.6 is 0 Å². The molecular weight excluding hydrogens is 326 g/mol. The number of aryl methyl sites for hydroxylation is 1. The number of aromatic nitrogens is 2. The summed E-state index contributed by atoms with van der Waals surface area (Å²) >= 11 is 0. The summed E-state index contributed by atoms with van der Waals surface area (Å²) in [5.74, 6) is 1.44. The average Bonchev–Trinajstić information content (AvgIpc) is 3.03. The summed E-state index contributed by atoms with van der Waals surface area (Å²) in [6.45, 7) is 5.26. The summed E-state index contributed by atoms with van der Waals surface area (Å²) in [6, 6.07) is 17.7. The lowest BCUT2D eigenvalue weighted by Gasteiger charge is -2.10. The van der Waals surface area contributed by atoms with Crippen molar-refractivity contribution < 1.29 is 9.53 Å². The fraction of sp³-hybridized carbons (Fsp3) is 0.238. The van der Waals surface area contributed by atoms with Crippen LogP contribution in [-0.4, -0.2) is 22.3 Å². The van der Waals surface area contributed by atoms with Crippen molar-refractivity contribution in [1.29, 1.82) is 0 Å². The molecule has 3 rings (SSSR count). The van der Waals surface area contributed by atoms with Crippen molar-refractivity contribution in [3.05, 3.63) is 77.5 Å². The summed E-state index contributed by atoms with van der Waals surface area (Å²) in [5.41, 5.74) is 3.29. The van der Waals surface area contributed by atoms with Gasteiger partial charge in [0.05, 0.1) is 25.8 Å². The fourth-order valence-corrected chi connectivity index (χ4v) is 2.79. The number of rotatable bonds is 7. The van der Waals surface area contributed by atoms with E-state index in [1.165, 1.54) is 5.56 Å². The first-order chi connectivity index (χ1) is 12.6. The lowest BCUT2D eigenvalue weighted by atomic mass is 10.1. The number of carbonyl (C=O) groups is 1. The molecule has 0 fully saturated rings. The molecule has 5 nitrogen and oxygen atoms in total. The van der Waals surface area contributed by atoms with Crippen LogP contribution < -0.4 is 10.1 Å². The van der Waals surface area contributed by atoms with E-state index >= 15 is 0 Å². The van der Waals surface area contributed by atoms with Gasteiger partial charge < -0.3 is 10.1 Å². The number of carbonyl (C=O) groups excluding carboxylic acids is 1. The molecule has 1 aromatic heterocycles. The lowest BCUT2D eigenvalue weighted by molar-refractivity contribution is -0.115. The molecule has 1 heterocycles. The molecule has 5 heteroatoms. The zero-order valence-electron chi connectivity index (χ0n) is 15.1. The molecule has 0 saturated carbocycles. The van der Waals surface area contributed by atoms with Crippen molar-refractivity contribution in [3.8, 4) is 5.75 Å². The number of anilines is 1. The van der Waals surface area contributed by atoms with Gasteiger partial charge in [0, 0.05) is 6.07 Å². The summed E-state index contributed by atoms with van der Waals surface area (Å²) in [7, 11) is 0. The summed E-state index contributed by atoms with van der Waals surface area (Å²) in [4.78, 5) is 12.4. The Balaban J connectivity index is 1.62. The zero-order chi connectivity index (χ0) is 18.4. The maximum Gasteiger partial charge on any atom is 0.229 e. The molecule has 0 spiro atoms. The highest BCUT2D eigenvalue weighted by Crippen LogP contribution is 2.14. The summed E-state index contributed by atoms with van der Waals surface area (Å²) in [6.07, 6.45) is 2.00. The van der Waals surface area contributed by atoms with E-state index < -0.39 is 0 Å². The Hall–Kier alpha value is -3.08. The first-order valence-electron chi connectivity index (χ1n) is 8.73. The summed E-state index contributed by atoms with van der Waals surface area (Å²) in [5, 5.41) is 7.26. The van der Waals surface area contributed by atoms with Crippen LogP contribution in [0.4, 0.5) is 5.82 Å². The number of amides is 1. The number of hydrogen-bond donors (Lipinski definition) is 1. The van der Waals surface area contributed by atoms with Gasteiger partial charge in [0.25, 0.3) is 0 Å². The second-order valence-corrected chi connectivity index (χ2v) is 6.17. The van der Waals surface area contributed by atoms with Crippen molar-refractivity contribution >= 4 is 11.7 Å². The van der Waals surface area contributed by atoms with Gasteiger partial charge in [0.15, 0.2) is 0 Å². The Morgan fingerprint density at radius 3 is 2.65 bits per heavy atom. The number of nitrogens with one attached hydrogen (secondary N) is 1. The molecule has 3 aromatic rings. The third kappa shape index (κ3) is 4.72. The van der Waals surface area contributed by atoms with Gasteiger partial charge in [-0.05, 0) is 37.1 Å². The molecule has 1 amide bonds. The van der Waals surface area contributed by atoms with Crippen molar-refractivity contribution in [1.82, 2.24) is 9.78 Å². The number of benzene rings is 2. The van der Waals surface area contributed by atoms with Crippen molar-refractivity contribution in [3.63, 3.8) is 0 Å². The molecule has 0 radical (unpaired) electrons. The van der Waals surface area contributed by atoms with Crippen molar-refractivity contribution in [2.24, 2.45) is 0 Å². The van der Waals surface area contributed by atoms with E-state index in [1.54, 1.807) is 10.9 Å². The third-order valence-corrected chi connectivity index (χ3v) is 4.00. The van der Waals surface area contributed by atoms with Crippen LogP contribution in [0.2, 0.25) is 0 Å². The van der Waals surface area contributed by atoms with Crippen molar-refractivity contribution in [2.45, 2.75) is 26.8 Å². The Kier molecular flexibility index (Phi) is 5.69. The minimum Gasteiger partial charge on any atom is -0.494 e. The largest absolute Gasteiger partial charge is 0.494 e. The van der Waals surface area contributed by atoms with Gasteiger partial charge in [-0.3, -0.25) is 4.79 Å². The summed E-state index contributed by atoms with van der Waals surface area (Å²) < 4.78 is 7.22. The van der Waals surface area contributed by atoms with E-state index in [9.17, 15) is 4.79 Å². The molecule has 0 bridgehead atoms. The average molecular weight is 349 g/mol. The molecular formula is C21H23N3O2. The number of ether oxygens (including phenoxy) is 1. The first-order valence-corrected chi connectivity index (χ1v) is 8.73. The van der Waals surface area contributed by atoms with Crippen LogP contribution in [0, 0.1) is 6.92 Å². The highest BCUT2D eigenvalue weighted by Gasteiger charge is 2.09. The Bertz CT molecular complexity index is 869. The Morgan fingerprint density at radius 2 is 1.92 bits per heavy atom. The van der Waals surface area contributed by atoms with Gasteiger partial charge in [-0.1, -0.05) is 42.0 Å². The smallest absolute Gasteiger partial charge is 0.229 e. The molecule has 0 aliphatic rings. The van der Waals surface area contributed by atoms with E-state index in [0.717, 1.165) is 16.9 Å². The highest BCUT2D eigenvalue weighted by atomic mass is 16.5. The SMILES string of the molecule is CCOc1ccc(CC(=O)Nc2ccnn2Cc2cccc(C)c2)cc1. The predicted molar refractivity (Wildman–Crippen MR) is 102 cm³/mol. The molecule has 26 heavy (non-hydrogen) atoms. The van der Waals surface area contributed by atoms with Crippen LogP contribution in [0.15, 0.2) is 60.8 Å². The number of hydrogen-bond acceptors (Lipinski definition) is 3. The minimum absolute atomic E-state index is 0.0693. The molecule has 0 aliphatic heterocycles. The van der Waals surface area contributed by atoms with Gasteiger partial charge in [-0.15, -0.1) is 0 Å². The first kappa shape index (κ1) is 17.7. The van der Waals surface area contributed by atoms with Crippen LogP contribution in [0.1, 0.15) is 23.6 Å². The van der Waals surface area contributed by atoms with Crippen molar-refractivity contribution in [2.75, 3.05) is 11.9 Å². The van der Waals surface area contributed by atoms with Gasteiger partial charge in [0.2, 0.25) is 5.91 Å². The second kappa shape index (κ2) is 8.34. The molecule has 134 valence electrons. The van der Waals surface area contributed by atoms with Crippen LogP contribution in [-0.2, 0) is 17.8 Å². The minimum atomic E-state index is -0.0693. The van der Waals surface area contributed by atoms with E-state index in [4.69, 9.17) is 4.74 Å². The molecule has 0 aliphatic carbocycles. The predicted octanol–water partition coefficient (Wildman–Crippen LogP) is 3.82. The number of nitrogens with zero attached hydrogens (tertiary/aromatic N) is 2. The van der Waals surface area contributed by atoms with E-state index in [-0.39, 0.29) is 5.91 Å². The molecule has 1 N–H and O–H groups in total. The van der Waals surface area contributed by atoms with Crippen LogP contribution in [0.3, 0.4) is 0 Å². The fourth-order valence-electron chi connectivity index (χ4n) is 2.79. The maximum absolute atomic E-state index is 12.4. The molecule has 0 saturated heterocycles. The topological polar surface area (TPSA) is 56.1 Å². The standard InChI is InChI=1S/C21H23N3O2/c1-3-26-19-9-7-17(8-10-19)14-21(25)23-20-11-12-22-24(20)15-18-6-4-5-16(2)13-18/h4-13H,3,14-15H2,1-2H3,(H,23,25). The Labute approximate surface area is 153 Å². The highest BCUT2D eigenvalue weighted by molar-refractivity contribution is 5.91. The molecule has 0 unspecified atom stereocenters. The van der Waals surface area contributed by atoms with E-state index in [1.807, 2.05) is 43.3 Å². The van der Waals surface area contributed by atoms with Gasteiger partial charge in [-0.25, -0.2) is 4.68 Å². The monoisotopic (exact) mass is 349 g/mol. The second-order valence-electron chi connectivity index (χ2n) is 6.17. The lowest BCUT2D eigenvalue weighted by Crippen LogP contribution is -2.18. The van der Waals surface area contributed by atoms with Gasteiger partial charge in [-0.2, -0.15) is 5.10 Å². The van der Waals surface area contributed by atoms with E-state index in [0.29, 0.717) is 25.4 Å². The van der Waals surface area contributed by atoms with Crippen LogP contribution in [0.25, 0.3) is 0 Å². The van der Waals surface area contributed by atoms with Gasteiger partial charge >= 0.3 is 0 Å². The van der Waals surface area contributed by atoms with E-state index in [2.05, 4.69) is 35.5 Å². The Morgan fingerprint density at radius 1 is 1.12 bits per heavy atom. The van der Waals surface area contributed by atoms with Gasteiger partial charge in [0.1, 0.15) is 11.6 Å². The quantitative estimate of drug-likeness (QED) is 0.705. The molecule has 2 aromatic carbocycles.